The molecule has 1 aliphatic rings. The van der Waals surface area contributed by atoms with Gasteiger partial charge in [0.1, 0.15) is 5.69 Å². The fourth-order valence-corrected chi connectivity index (χ4v) is 4.54. The van der Waals surface area contributed by atoms with E-state index in [0.717, 1.165) is 12.0 Å². The Bertz CT molecular complexity index is 1070. The van der Waals surface area contributed by atoms with Crippen LogP contribution in [0.3, 0.4) is 0 Å². The lowest BCUT2D eigenvalue weighted by Crippen LogP contribution is -2.40. The molecule has 0 amide bonds. The number of morpholine rings is 1. The molecule has 1 aliphatic heterocycles. The molecule has 1 fully saturated rings. The van der Waals surface area contributed by atoms with Gasteiger partial charge < -0.3 is 4.74 Å². The summed E-state index contributed by atoms with van der Waals surface area (Å²) in [5.74, 6) is 0. The molecule has 0 radical (unpaired) electrons. The molecule has 2 aromatic carbocycles. The Morgan fingerprint density at radius 3 is 2.29 bits per heavy atom. The quantitative estimate of drug-likeness (QED) is 0.618. The number of carbonyl (C=O) groups excluding carboxylic acids is 1. The predicted molar refractivity (Wildman–Crippen MR) is 104 cm³/mol. The van der Waals surface area contributed by atoms with Crippen molar-refractivity contribution in [3.05, 3.63) is 66.4 Å². The molecule has 3 aromatic rings. The lowest BCUT2D eigenvalue weighted by Gasteiger charge is -2.26. The zero-order chi connectivity index (χ0) is 19.6. The van der Waals surface area contributed by atoms with Crippen molar-refractivity contribution in [2.45, 2.75) is 4.90 Å². The fourth-order valence-electron chi connectivity index (χ4n) is 3.13. The summed E-state index contributed by atoms with van der Waals surface area (Å²) < 4.78 is 33.8. The van der Waals surface area contributed by atoms with Gasteiger partial charge in [0.25, 0.3) is 0 Å². The summed E-state index contributed by atoms with van der Waals surface area (Å²) >= 11 is 0. The lowest BCUT2D eigenvalue weighted by molar-refractivity contribution is 0.0730. The molecule has 144 valence electrons. The minimum atomic E-state index is -3.56. The molecule has 7 nitrogen and oxygen atoms in total. The van der Waals surface area contributed by atoms with Crippen LogP contribution in [0.25, 0.3) is 16.9 Å². The number of aldehydes is 1. The zero-order valence-electron chi connectivity index (χ0n) is 15.1. The number of para-hydroxylation sites is 1. The van der Waals surface area contributed by atoms with Gasteiger partial charge in [-0.25, -0.2) is 13.1 Å². The van der Waals surface area contributed by atoms with Crippen LogP contribution in [0.2, 0.25) is 0 Å². The summed E-state index contributed by atoms with van der Waals surface area (Å²) in [6, 6.07) is 15.9. The highest BCUT2D eigenvalue weighted by Crippen LogP contribution is 2.25. The van der Waals surface area contributed by atoms with Crippen molar-refractivity contribution >= 4 is 16.3 Å². The number of benzene rings is 2. The molecule has 0 unspecified atom stereocenters. The normalized spacial score (nSPS) is 15.4. The molecule has 8 heteroatoms. The fraction of sp³-hybridized carbons (Fsp3) is 0.200. The maximum Gasteiger partial charge on any atom is 0.243 e. The Morgan fingerprint density at radius 1 is 0.964 bits per heavy atom. The molecule has 0 aliphatic carbocycles. The van der Waals surface area contributed by atoms with Gasteiger partial charge in [-0.1, -0.05) is 30.3 Å². The smallest absolute Gasteiger partial charge is 0.243 e. The van der Waals surface area contributed by atoms with Gasteiger partial charge in [-0.3, -0.25) is 4.79 Å². The molecule has 0 atom stereocenters. The minimum absolute atomic E-state index is 0.216. The first-order valence-corrected chi connectivity index (χ1v) is 10.3. The van der Waals surface area contributed by atoms with Crippen molar-refractivity contribution in [3.63, 3.8) is 0 Å². The average Bonchev–Trinajstić information content (AvgIpc) is 3.20. The Morgan fingerprint density at radius 2 is 1.64 bits per heavy atom. The van der Waals surface area contributed by atoms with Crippen LogP contribution in [-0.2, 0) is 14.8 Å². The van der Waals surface area contributed by atoms with E-state index in [1.165, 1.54) is 4.31 Å². The second kappa shape index (κ2) is 7.67. The van der Waals surface area contributed by atoms with Gasteiger partial charge in [0.05, 0.1) is 29.4 Å². The van der Waals surface area contributed by atoms with Crippen molar-refractivity contribution in [2.75, 3.05) is 26.3 Å². The molecular formula is C20H19N3O4S. The maximum atomic E-state index is 12.7. The standard InChI is InChI=1S/C20H19N3O4S/c24-15-17-14-23(18-4-2-1-3-5-18)21-20(17)16-6-8-19(9-7-16)28(25,26)22-10-12-27-13-11-22/h1-9,14-15H,10-13H2. The van der Waals surface area contributed by atoms with Crippen LogP contribution in [0.15, 0.2) is 65.7 Å². The van der Waals surface area contributed by atoms with E-state index in [4.69, 9.17) is 4.74 Å². The molecule has 1 saturated heterocycles. The molecule has 1 aromatic heterocycles. The van der Waals surface area contributed by atoms with Crippen molar-refractivity contribution in [1.82, 2.24) is 14.1 Å². The van der Waals surface area contributed by atoms with Gasteiger partial charge in [-0.05, 0) is 24.3 Å². The monoisotopic (exact) mass is 397 g/mol. The van der Waals surface area contributed by atoms with E-state index in [9.17, 15) is 13.2 Å². The third kappa shape index (κ3) is 3.49. The molecule has 0 N–H and O–H groups in total. The number of rotatable bonds is 5. The van der Waals surface area contributed by atoms with Crippen LogP contribution in [0.5, 0.6) is 0 Å². The number of carbonyl (C=O) groups is 1. The van der Waals surface area contributed by atoms with Crippen LogP contribution in [0.4, 0.5) is 0 Å². The topological polar surface area (TPSA) is 81.5 Å². The second-order valence-corrected chi connectivity index (χ2v) is 8.31. The average molecular weight is 397 g/mol. The van der Waals surface area contributed by atoms with Crippen molar-refractivity contribution in [3.8, 4) is 16.9 Å². The SMILES string of the molecule is O=Cc1cn(-c2ccccc2)nc1-c1ccc(S(=O)(=O)N2CCOCC2)cc1. The van der Waals surface area contributed by atoms with Crippen LogP contribution >= 0.6 is 0 Å². The number of sulfonamides is 1. The first kappa shape index (κ1) is 18.5. The summed E-state index contributed by atoms with van der Waals surface area (Å²) in [4.78, 5) is 11.7. The van der Waals surface area contributed by atoms with E-state index in [0.29, 0.717) is 43.1 Å². The summed E-state index contributed by atoms with van der Waals surface area (Å²) in [7, 11) is -3.56. The van der Waals surface area contributed by atoms with E-state index >= 15 is 0 Å². The van der Waals surface area contributed by atoms with Gasteiger partial charge in [-0.15, -0.1) is 0 Å². The molecule has 28 heavy (non-hydrogen) atoms. The molecule has 0 bridgehead atoms. The number of ether oxygens (including phenoxy) is 1. The number of aromatic nitrogens is 2. The summed E-state index contributed by atoms with van der Waals surface area (Å²) in [5.41, 5.74) is 2.46. The largest absolute Gasteiger partial charge is 0.379 e. The van der Waals surface area contributed by atoms with Gasteiger partial charge in [0, 0.05) is 24.8 Å². The molecular weight excluding hydrogens is 378 g/mol. The van der Waals surface area contributed by atoms with E-state index in [-0.39, 0.29) is 4.90 Å². The van der Waals surface area contributed by atoms with Crippen molar-refractivity contribution in [1.29, 1.82) is 0 Å². The van der Waals surface area contributed by atoms with E-state index < -0.39 is 10.0 Å². The summed E-state index contributed by atoms with van der Waals surface area (Å²) in [5, 5.41) is 4.51. The summed E-state index contributed by atoms with van der Waals surface area (Å²) in [6.45, 7) is 1.50. The number of nitrogens with zero attached hydrogens (tertiary/aromatic N) is 3. The van der Waals surface area contributed by atoms with Crippen molar-refractivity contribution in [2.24, 2.45) is 0 Å². The highest BCUT2D eigenvalue weighted by Gasteiger charge is 2.26. The van der Waals surface area contributed by atoms with E-state index in [2.05, 4.69) is 5.10 Å². The second-order valence-electron chi connectivity index (χ2n) is 6.37. The van der Waals surface area contributed by atoms with Gasteiger partial charge in [-0.2, -0.15) is 9.40 Å². The highest BCUT2D eigenvalue weighted by atomic mass is 32.2. The number of hydrogen-bond acceptors (Lipinski definition) is 5. The van der Waals surface area contributed by atoms with Crippen LogP contribution < -0.4 is 0 Å². The van der Waals surface area contributed by atoms with E-state index in [1.807, 2.05) is 30.3 Å². The number of hydrogen-bond donors (Lipinski definition) is 0. The van der Waals surface area contributed by atoms with Crippen LogP contribution in [0.1, 0.15) is 10.4 Å². The Balaban J connectivity index is 1.66. The first-order valence-electron chi connectivity index (χ1n) is 8.88. The maximum absolute atomic E-state index is 12.7. The predicted octanol–water partition coefficient (Wildman–Crippen LogP) is 2.37. The molecule has 0 saturated carbocycles. The Kier molecular flexibility index (Phi) is 5.08. The third-order valence-electron chi connectivity index (χ3n) is 4.63. The molecule has 2 heterocycles. The lowest BCUT2D eigenvalue weighted by atomic mass is 10.1. The Labute approximate surface area is 163 Å². The highest BCUT2D eigenvalue weighted by molar-refractivity contribution is 7.89. The zero-order valence-corrected chi connectivity index (χ0v) is 15.9. The molecule has 0 spiro atoms. The van der Waals surface area contributed by atoms with Gasteiger partial charge in [0.2, 0.25) is 10.0 Å². The third-order valence-corrected chi connectivity index (χ3v) is 6.54. The van der Waals surface area contributed by atoms with Gasteiger partial charge >= 0.3 is 0 Å². The van der Waals surface area contributed by atoms with Crippen LogP contribution in [0, 0.1) is 0 Å². The van der Waals surface area contributed by atoms with Crippen molar-refractivity contribution < 1.29 is 17.9 Å². The minimum Gasteiger partial charge on any atom is -0.379 e. The summed E-state index contributed by atoms with van der Waals surface area (Å²) in [6.07, 6.45) is 2.41. The van der Waals surface area contributed by atoms with E-state index in [1.54, 1.807) is 35.1 Å². The molecule has 4 rings (SSSR count). The first-order chi connectivity index (χ1) is 13.6. The van der Waals surface area contributed by atoms with Crippen LogP contribution in [-0.4, -0.2) is 55.1 Å². The van der Waals surface area contributed by atoms with Gasteiger partial charge in [0.15, 0.2) is 6.29 Å². The Hall–Kier alpha value is -2.81.